The van der Waals surface area contributed by atoms with Gasteiger partial charge in [0.05, 0.1) is 5.69 Å². The zero-order valence-corrected chi connectivity index (χ0v) is 19.6. The molecule has 1 aliphatic heterocycles. The van der Waals surface area contributed by atoms with Gasteiger partial charge >= 0.3 is 6.09 Å². The predicted molar refractivity (Wildman–Crippen MR) is 131 cm³/mol. The van der Waals surface area contributed by atoms with E-state index in [1.165, 1.54) is 4.90 Å². The third-order valence-corrected chi connectivity index (χ3v) is 6.01. The van der Waals surface area contributed by atoms with Gasteiger partial charge in [-0.05, 0) is 56.5 Å². The number of carboxylic acid groups (broad SMARTS) is 1. The molecule has 3 aromatic rings. The molecule has 0 bridgehead atoms. The SMILES string of the molecule is CC(C)(C)N(C(=O)O)[C@@H](Cc1ccccc1)C(=O)N1CCc2cc(-c3ccnc(N)n3)ccc21. The van der Waals surface area contributed by atoms with Crippen molar-refractivity contribution in [2.75, 3.05) is 17.2 Å². The molecule has 0 aliphatic carbocycles. The van der Waals surface area contributed by atoms with Gasteiger partial charge in [0, 0.05) is 36.0 Å². The second kappa shape index (κ2) is 9.13. The molecule has 1 aromatic heterocycles. The van der Waals surface area contributed by atoms with Crippen LogP contribution in [0.25, 0.3) is 11.3 Å². The van der Waals surface area contributed by atoms with E-state index in [1.54, 1.807) is 17.2 Å². The van der Waals surface area contributed by atoms with Crippen LogP contribution in [-0.4, -0.2) is 50.1 Å². The van der Waals surface area contributed by atoms with Gasteiger partial charge in [-0.25, -0.2) is 14.8 Å². The lowest BCUT2D eigenvalue weighted by Crippen LogP contribution is -2.58. The summed E-state index contributed by atoms with van der Waals surface area (Å²) in [6.45, 7) is 5.92. The van der Waals surface area contributed by atoms with Crippen molar-refractivity contribution < 1.29 is 14.7 Å². The first-order valence-electron chi connectivity index (χ1n) is 11.2. The first-order valence-corrected chi connectivity index (χ1v) is 11.2. The zero-order valence-electron chi connectivity index (χ0n) is 19.6. The summed E-state index contributed by atoms with van der Waals surface area (Å²) < 4.78 is 0. The van der Waals surface area contributed by atoms with Gasteiger partial charge in [0.25, 0.3) is 0 Å². The highest BCUT2D eigenvalue weighted by Gasteiger charge is 2.41. The number of anilines is 2. The highest BCUT2D eigenvalue weighted by atomic mass is 16.4. The van der Waals surface area contributed by atoms with Gasteiger partial charge < -0.3 is 15.7 Å². The van der Waals surface area contributed by atoms with Gasteiger partial charge in [-0.1, -0.05) is 36.4 Å². The summed E-state index contributed by atoms with van der Waals surface area (Å²) in [4.78, 5) is 37.4. The van der Waals surface area contributed by atoms with E-state index in [9.17, 15) is 14.7 Å². The van der Waals surface area contributed by atoms with Crippen LogP contribution in [0.4, 0.5) is 16.4 Å². The van der Waals surface area contributed by atoms with Gasteiger partial charge in [-0.2, -0.15) is 0 Å². The Morgan fingerprint density at radius 3 is 2.53 bits per heavy atom. The minimum atomic E-state index is -1.11. The van der Waals surface area contributed by atoms with E-state index >= 15 is 0 Å². The zero-order chi connectivity index (χ0) is 24.5. The number of carbonyl (C=O) groups is 2. The van der Waals surface area contributed by atoms with Crippen LogP contribution in [0.3, 0.4) is 0 Å². The molecular formula is C26H29N5O3. The standard InChI is InChI=1S/C26H29N5O3/c1-26(2,3)31(25(33)34)22(15-17-7-5-4-6-8-17)23(32)30-14-12-19-16-18(9-10-21(19)30)20-11-13-28-24(27)29-20/h4-11,13,16,22H,12,14-15H2,1-3H3,(H,33,34)(H2,27,28,29)/t22-/m0/s1. The Morgan fingerprint density at radius 2 is 1.88 bits per heavy atom. The van der Waals surface area contributed by atoms with Crippen LogP contribution in [0.1, 0.15) is 31.9 Å². The van der Waals surface area contributed by atoms with Crippen LogP contribution in [-0.2, 0) is 17.6 Å². The first-order chi connectivity index (χ1) is 16.1. The Kier molecular flexibility index (Phi) is 6.24. The van der Waals surface area contributed by atoms with Crippen molar-refractivity contribution in [1.29, 1.82) is 0 Å². The van der Waals surface area contributed by atoms with E-state index in [0.29, 0.717) is 25.1 Å². The Morgan fingerprint density at radius 1 is 1.15 bits per heavy atom. The van der Waals surface area contributed by atoms with E-state index in [2.05, 4.69) is 9.97 Å². The Balaban J connectivity index is 1.68. The van der Waals surface area contributed by atoms with E-state index < -0.39 is 17.7 Å². The van der Waals surface area contributed by atoms with E-state index in [4.69, 9.17) is 5.73 Å². The fourth-order valence-electron chi connectivity index (χ4n) is 4.52. The lowest BCUT2D eigenvalue weighted by atomic mass is 9.97. The maximum absolute atomic E-state index is 13.9. The number of nitrogens with zero attached hydrogens (tertiary/aromatic N) is 4. The number of hydrogen-bond donors (Lipinski definition) is 2. The Hall–Kier alpha value is -3.94. The van der Waals surface area contributed by atoms with Crippen LogP contribution >= 0.6 is 0 Å². The molecule has 2 heterocycles. The van der Waals surface area contributed by atoms with Gasteiger partial charge in [0.15, 0.2) is 0 Å². The van der Waals surface area contributed by atoms with E-state index in [0.717, 1.165) is 22.4 Å². The van der Waals surface area contributed by atoms with Gasteiger partial charge in [-0.15, -0.1) is 0 Å². The molecule has 1 atom stereocenters. The van der Waals surface area contributed by atoms with E-state index in [1.807, 2.05) is 69.3 Å². The number of carbonyl (C=O) groups excluding carboxylic acids is 1. The lowest BCUT2D eigenvalue weighted by Gasteiger charge is -2.40. The molecule has 0 fully saturated rings. The molecule has 2 aromatic carbocycles. The number of fused-ring (bicyclic) bond motifs is 1. The second-order valence-corrected chi connectivity index (χ2v) is 9.41. The van der Waals surface area contributed by atoms with Crippen LogP contribution in [0, 0.1) is 0 Å². The fourth-order valence-corrected chi connectivity index (χ4v) is 4.52. The fraction of sp³-hybridized carbons (Fsp3) is 0.308. The Labute approximate surface area is 199 Å². The summed E-state index contributed by atoms with van der Waals surface area (Å²) in [5.41, 5.74) is 9.31. The lowest BCUT2D eigenvalue weighted by molar-refractivity contribution is -0.124. The number of aromatic nitrogens is 2. The van der Waals surface area contributed by atoms with Crippen molar-refractivity contribution in [2.45, 2.75) is 45.2 Å². The van der Waals surface area contributed by atoms with Crippen molar-refractivity contribution in [3.05, 3.63) is 71.9 Å². The molecule has 2 amide bonds. The third-order valence-electron chi connectivity index (χ3n) is 6.01. The summed E-state index contributed by atoms with van der Waals surface area (Å²) in [6, 6.07) is 16.3. The number of amides is 2. The summed E-state index contributed by atoms with van der Waals surface area (Å²) in [5.74, 6) is -0.0199. The second-order valence-electron chi connectivity index (χ2n) is 9.41. The summed E-state index contributed by atoms with van der Waals surface area (Å²) in [6.07, 6.45) is 1.48. The third kappa shape index (κ3) is 4.71. The molecule has 4 rings (SSSR count). The molecule has 8 heteroatoms. The molecule has 0 spiro atoms. The largest absolute Gasteiger partial charge is 0.465 e. The minimum absolute atomic E-state index is 0.203. The van der Waals surface area contributed by atoms with Crippen LogP contribution < -0.4 is 10.6 Å². The smallest absolute Gasteiger partial charge is 0.408 e. The van der Waals surface area contributed by atoms with E-state index in [-0.39, 0.29) is 11.9 Å². The minimum Gasteiger partial charge on any atom is -0.465 e. The number of nitrogen functional groups attached to an aromatic ring is 1. The maximum atomic E-state index is 13.9. The molecule has 0 saturated heterocycles. The molecule has 0 saturated carbocycles. The Bertz CT molecular complexity index is 1210. The molecule has 1 aliphatic rings. The monoisotopic (exact) mass is 459 g/mol. The van der Waals surface area contributed by atoms with Gasteiger partial charge in [-0.3, -0.25) is 9.69 Å². The molecule has 176 valence electrons. The van der Waals surface area contributed by atoms with Crippen molar-refractivity contribution >= 4 is 23.6 Å². The molecular weight excluding hydrogens is 430 g/mol. The average Bonchev–Trinajstić information content (AvgIpc) is 3.21. The van der Waals surface area contributed by atoms with Crippen LogP contribution in [0.15, 0.2) is 60.8 Å². The number of hydrogen-bond acceptors (Lipinski definition) is 5. The maximum Gasteiger partial charge on any atom is 0.408 e. The summed E-state index contributed by atoms with van der Waals surface area (Å²) in [5, 5.41) is 10.1. The number of rotatable bonds is 5. The highest BCUT2D eigenvalue weighted by Crippen LogP contribution is 2.34. The first kappa shape index (κ1) is 23.2. The van der Waals surface area contributed by atoms with Gasteiger partial charge in [0.2, 0.25) is 11.9 Å². The van der Waals surface area contributed by atoms with Gasteiger partial charge in [0.1, 0.15) is 6.04 Å². The molecule has 34 heavy (non-hydrogen) atoms. The summed E-state index contributed by atoms with van der Waals surface area (Å²) in [7, 11) is 0. The highest BCUT2D eigenvalue weighted by molar-refractivity contribution is 6.00. The molecule has 8 nitrogen and oxygen atoms in total. The van der Waals surface area contributed by atoms with Crippen LogP contribution in [0.5, 0.6) is 0 Å². The van der Waals surface area contributed by atoms with Crippen molar-refractivity contribution in [3.63, 3.8) is 0 Å². The topological polar surface area (TPSA) is 113 Å². The van der Waals surface area contributed by atoms with Crippen molar-refractivity contribution in [3.8, 4) is 11.3 Å². The predicted octanol–water partition coefficient (Wildman–Crippen LogP) is 4.00. The van der Waals surface area contributed by atoms with Crippen LogP contribution in [0.2, 0.25) is 0 Å². The normalized spacial score (nSPS) is 13.9. The summed E-state index contributed by atoms with van der Waals surface area (Å²) >= 11 is 0. The molecule has 0 radical (unpaired) electrons. The quantitative estimate of drug-likeness (QED) is 0.596. The van der Waals surface area contributed by atoms with Crippen molar-refractivity contribution in [2.24, 2.45) is 0 Å². The average molecular weight is 460 g/mol. The van der Waals surface area contributed by atoms with Crippen molar-refractivity contribution in [1.82, 2.24) is 14.9 Å². The molecule has 3 N–H and O–H groups in total. The number of benzene rings is 2. The number of nitrogens with two attached hydrogens (primary N) is 1. The molecule has 0 unspecified atom stereocenters.